The molecule has 0 unspecified atom stereocenters. The molecule has 0 atom stereocenters. The summed E-state index contributed by atoms with van der Waals surface area (Å²) in [7, 11) is -3.26. The number of rotatable bonds is 5. The lowest BCUT2D eigenvalue weighted by molar-refractivity contribution is -0.384. The van der Waals surface area contributed by atoms with E-state index in [1.54, 1.807) is 35.2 Å². The molecule has 0 saturated carbocycles. The molecule has 0 spiro atoms. The Balaban J connectivity index is 1.56. The fourth-order valence-corrected chi connectivity index (χ4v) is 4.72. The smallest absolute Gasteiger partial charge is 0.270 e. The van der Waals surface area contributed by atoms with Gasteiger partial charge in [0.05, 0.1) is 34.3 Å². The van der Waals surface area contributed by atoms with E-state index in [0.29, 0.717) is 57.1 Å². The van der Waals surface area contributed by atoms with Crippen LogP contribution in [-0.4, -0.2) is 69.8 Å². The zero-order valence-electron chi connectivity index (χ0n) is 18.3. The van der Waals surface area contributed by atoms with E-state index in [9.17, 15) is 23.3 Å². The van der Waals surface area contributed by atoms with Crippen LogP contribution in [-0.2, 0) is 14.6 Å². The first-order valence-corrected chi connectivity index (χ1v) is 12.5. The number of nitro benzene ring substituents is 1. The minimum absolute atomic E-state index is 0.116. The molecule has 10 heteroatoms. The number of nitrogens with zero attached hydrogens (tertiary/aromatic N) is 3. The second kappa shape index (κ2) is 9.32. The number of non-ortho nitro benzene ring substituents is 1. The Kier molecular flexibility index (Phi) is 6.48. The van der Waals surface area contributed by atoms with Crippen molar-refractivity contribution in [1.29, 1.82) is 0 Å². The normalized spacial score (nSPS) is 16.9. The summed E-state index contributed by atoms with van der Waals surface area (Å²) in [4.78, 5) is 28.2. The Morgan fingerprint density at radius 2 is 1.76 bits per heavy atom. The molecule has 2 aromatic carbocycles. The Morgan fingerprint density at radius 1 is 1.06 bits per heavy atom. The van der Waals surface area contributed by atoms with Crippen LogP contribution in [0.25, 0.3) is 5.57 Å². The molecule has 1 fully saturated rings. The molecule has 2 aliphatic rings. The van der Waals surface area contributed by atoms with Gasteiger partial charge in [0.25, 0.3) is 11.6 Å². The lowest BCUT2D eigenvalue weighted by atomic mass is 9.99. The minimum Gasteiger partial charge on any atom is -0.378 e. The first-order chi connectivity index (χ1) is 15.7. The second-order valence-electron chi connectivity index (χ2n) is 8.09. The van der Waals surface area contributed by atoms with Crippen LogP contribution in [0, 0.1) is 10.1 Å². The lowest BCUT2D eigenvalue weighted by Crippen LogP contribution is -2.39. The van der Waals surface area contributed by atoms with Gasteiger partial charge in [0, 0.05) is 44.6 Å². The molecule has 0 radical (unpaired) electrons. The number of sulfone groups is 1. The Hall–Kier alpha value is -3.24. The molecule has 2 heterocycles. The topological polar surface area (TPSA) is 110 Å². The summed E-state index contributed by atoms with van der Waals surface area (Å²) in [5.41, 5.74) is 2.83. The highest BCUT2D eigenvalue weighted by Crippen LogP contribution is 2.30. The van der Waals surface area contributed by atoms with Crippen molar-refractivity contribution in [3.63, 3.8) is 0 Å². The van der Waals surface area contributed by atoms with Gasteiger partial charge in [-0.2, -0.15) is 0 Å². The fraction of sp³-hybridized carbons (Fsp3) is 0.348. The van der Waals surface area contributed by atoms with Crippen molar-refractivity contribution in [3.05, 3.63) is 69.8 Å². The van der Waals surface area contributed by atoms with Crippen molar-refractivity contribution < 1.29 is 22.9 Å². The van der Waals surface area contributed by atoms with Crippen LogP contribution in [0.2, 0.25) is 0 Å². The molecule has 2 aromatic rings. The molecule has 33 heavy (non-hydrogen) atoms. The average molecular weight is 472 g/mol. The maximum Gasteiger partial charge on any atom is 0.270 e. The molecular weight excluding hydrogens is 446 g/mol. The number of hydrogen-bond acceptors (Lipinski definition) is 7. The van der Waals surface area contributed by atoms with Crippen molar-refractivity contribution in [1.82, 2.24) is 4.90 Å². The van der Waals surface area contributed by atoms with Crippen LogP contribution in [0.5, 0.6) is 0 Å². The molecule has 0 aliphatic carbocycles. The van der Waals surface area contributed by atoms with Crippen LogP contribution in [0.15, 0.2) is 53.4 Å². The Labute approximate surface area is 192 Å². The van der Waals surface area contributed by atoms with E-state index in [1.807, 2.05) is 11.0 Å². The van der Waals surface area contributed by atoms with Crippen molar-refractivity contribution in [3.8, 4) is 0 Å². The third-order valence-electron chi connectivity index (χ3n) is 5.92. The molecule has 2 aliphatic heterocycles. The van der Waals surface area contributed by atoms with Crippen LogP contribution in [0.4, 0.5) is 11.4 Å². The number of morpholine rings is 1. The summed E-state index contributed by atoms with van der Waals surface area (Å²) in [5, 5.41) is 11.3. The predicted molar refractivity (Wildman–Crippen MR) is 124 cm³/mol. The maximum absolute atomic E-state index is 13.4. The number of nitro groups is 1. The quantitative estimate of drug-likeness (QED) is 0.487. The van der Waals surface area contributed by atoms with Crippen LogP contribution in [0.3, 0.4) is 0 Å². The average Bonchev–Trinajstić information content (AvgIpc) is 2.83. The summed E-state index contributed by atoms with van der Waals surface area (Å²) < 4.78 is 28.7. The predicted octanol–water partition coefficient (Wildman–Crippen LogP) is 2.76. The first kappa shape index (κ1) is 22.9. The summed E-state index contributed by atoms with van der Waals surface area (Å²) in [5.74, 6) is -0.247. The van der Waals surface area contributed by atoms with Crippen LogP contribution >= 0.6 is 0 Å². The highest BCUT2D eigenvalue weighted by molar-refractivity contribution is 7.90. The van der Waals surface area contributed by atoms with Gasteiger partial charge >= 0.3 is 0 Å². The fourth-order valence-electron chi connectivity index (χ4n) is 4.09. The van der Waals surface area contributed by atoms with Crippen molar-refractivity contribution in [2.24, 2.45) is 0 Å². The number of benzene rings is 2. The highest BCUT2D eigenvalue weighted by Gasteiger charge is 2.26. The van der Waals surface area contributed by atoms with Gasteiger partial charge in [-0.15, -0.1) is 0 Å². The maximum atomic E-state index is 13.4. The molecule has 4 rings (SSSR count). The highest BCUT2D eigenvalue weighted by atomic mass is 32.2. The molecule has 0 aromatic heterocycles. The van der Waals surface area contributed by atoms with E-state index in [1.165, 1.54) is 18.4 Å². The molecule has 1 saturated heterocycles. The van der Waals surface area contributed by atoms with E-state index < -0.39 is 14.8 Å². The molecule has 0 N–H and O–H groups in total. The van der Waals surface area contributed by atoms with Crippen molar-refractivity contribution in [2.75, 3.05) is 50.5 Å². The van der Waals surface area contributed by atoms with Crippen LogP contribution < -0.4 is 4.90 Å². The largest absolute Gasteiger partial charge is 0.378 e. The SMILES string of the molecule is CS(=O)(=O)c1ccc(C2=CCN(C(=O)c3cc([N+](=O)[O-])ccc3N3CCOCC3)CC2)cc1. The van der Waals surface area contributed by atoms with Crippen LogP contribution in [0.1, 0.15) is 22.3 Å². The number of ether oxygens (including phenoxy) is 1. The summed E-state index contributed by atoms with van der Waals surface area (Å²) in [6, 6.07) is 11.1. The van der Waals surface area contributed by atoms with Crippen molar-refractivity contribution in [2.45, 2.75) is 11.3 Å². The number of carbonyl (C=O) groups excluding carboxylic acids is 1. The van der Waals surface area contributed by atoms with E-state index >= 15 is 0 Å². The standard InChI is InChI=1S/C23H25N3O6S/c1-33(30,31)20-5-2-17(3-6-20)18-8-10-25(11-9-18)23(27)21-16-19(26(28)29)4-7-22(21)24-12-14-32-15-13-24/h2-8,16H,9-15H2,1H3. The first-order valence-electron chi connectivity index (χ1n) is 10.6. The van der Waals surface area contributed by atoms with Gasteiger partial charge in [0.15, 0.2) is 9.84 Å². The number of hydrogen-bond donors (Lipinski definition) is 0. The van der Waals surface area contributed by atoms with Gasteiger partial charge in [0.1, 0.15) is 0 Å². The molecule has 9 nitrogen and oxygen atoms in total. The van der Waals surface area contributed by atoms with Gasteiger partial charge in [-0.1, -0.05) is 18.2 Å². The third kappa shape index (κ3) is 5.07. The Morgan fingerprint density at radius 3 is 2.33 bits per heavy atom. The molecule has 0 bridgehead atoms. The Bertz CT molecular complexity index is 1200. The monoisotopic (exact) mass is 471 g/mol. The van der Waals surface area contributed by atoms with Gasteiger partial charge in [-0.25, -0.2) is 8.42 Å². The van der Waals surface area contributed by atoms with Gasteiger partial charge < -0.3 is 14.5 Å². The molecule has 1 amide bonds. The minimum atomic E-state index is -3.26. The summed E-state index contributed by atoms with van der Waals surface area (Å²) in [6.45, 7) is 3.14. The van der Waals surface area contributed by atoms with Gasteiger partial charge in [-0.3, -0.25) is 14.9 Å². The molecular formula is C23H25N3O6S. The zero-order valence-corrected chi connectivity index (χ0v) is 19.1. The number of amides is 1. The van der Waals surface area contributed by atoms with Gasteiger partial charge in [-0.05, 0) is 35.8 Å². The zero-order chi connectivity index (χ0) is 23.6. The van der Waals surface area contributed by atoms with E-state index in [4.69, 9.17) is 4.74 Å². The summed E-state index contributed by atoms with van der Waals surface area (Å²) in [6.07, 6.45) is 3.72. The molecule has 174 valence electrons. The number of carbonyl (C=O) groups is 1. The van der Waals surface area contributed by atoms with E-state index in [-0.39, 0.29) is 16.5 Å². The number of anilines is 1. The van der Waals surface area contributed by atoms with Crippen molar-refractivity contribution >= 4 is 32.7 Å². The van der Waals surface area contributed by atoms with Gasteiger partial charge in [0.2, 0.25) is 0 Å². The third-order valence-corrected chi connectivity index (χ3v) is 7.05. The van der Waals surface area contributed by atoms with E-state index in [0.717, 1.165) is 11.1 Å². The second-order valence-corrected chi connectivity index (χ2v) is 10.1. The summed E-state index contributed by atoms with van der Waals surface area (Å²) >= 11 is 0. The van der Waals surface area contributed by atoms with E-state index in [2.05, 4.69) is 0 Å². The lowest BCUT2D eigenvalue weighted by Gasteiger charge is -2.32.